The van der Waals surface area contributed by atoms with Gasteiger partial charge in [-0.25, -0.2) is 9.37 Å². The lowest BCUT2D eigenvalue weighted by Gasteiger charge is -2.27. The van der Waals surface area contributed by atoms with Crippen LogP contribution < -0.4 is 10.2 Å². The fourth-order valence-corrected chi connectivity index (χ4v) is 2.59. The summed E-state index contributed by atoms with van der Waals surface area (Å²) in [7, 11) is 0. The Morgan fingerprint density at radius 2 is 1.95 bits per heavy atom. The molecule has 1 aliphatic heterocycles. The number of nitrogens with one attached hydrogen (secondary N) is 1. The second-order valence-electron chi connectivity index (χ2n) is 5.04. The van der Waals surface area contributed by atoms with Gasteiger partial charge in [-0.15, -0.1) is 0 Å². The van der Waals surface area contributed by atoms with Crippen molar-refractivity contribution in [3.8, 4) is 0 Å². The van der Waals surface area contributed by atoms with Crippen LogP contribution in [-0.4, -0.2) is 23.1 Å². The smallest absolute Gasteiger partial charge is 0.229 e. The molecular weight excluding hydrogens is 291 g/mol. The summed E-state index contributed by atoms with van der Waals surface area (Å²) in [5.74, 6) is 0.964. The van der Waals surface area contributed by atoms with E-state index in [2.05, 4.69) is 20.2 Å². The average Bonchev–Trinajstić information content (AvgIpc) is 2.52. The minimum Gasteiger partial charge on any atom is -0.356 e. The summed E-state index contributed by atoms with van der Waals surface area (Å²) in [5.41, 5.74) is 0.664. The van der Waals surface area contributed by atoms with Gasteiger partial charge in [0.2, 0.25) is 5.95 Å². The fourth-order valence-electron chi connectivity index (χ4n) is 2.41. The number of aromatic nitrogens is 2. The van der Waals surface area contributed by atoms with E-state index in [0.717, 1.165) is 18.9 Å². The van der Waals surface area contributed by atoms with Crippen LogP contribution in [0.1, 0.15) is 19.3 Å². The largest absolute Gasteiger partial charge is 0.356 e. The molecule has 0 saturated carbocycles. The molecule has 1 fully saturated rings. The van der Waals surface area contributed by atoms with Gasteiger partial charge in [-0.1, -0.05) is 11.6 Å². The molecular formula is C15H16ClFN4. The Kier molecular flexibility index (Phi) is 4.20. The van der Waals surface area contributed by atoms with Gasteiger partial charge in [0.15, 0.2) is 0 Å². The quantitative estimate of drug-likeness (QED) is 0.930. The van der Waals surface area contributed by atoms with Crippen molar-refractivity contribution < 1.29 is 4.39 Å². The topological polar surface area (TPSA) is 41.1 Å². The summed E-state index contributed by atoms with van der Waals surface area (Å²) in [6.07, 6.45) is 5.39. The van der Waals surface area contributed by atoms with Gasteiger partial charge in [0.05, 0.1) is 5.02 Å². The van der Waals surface area contributed by atoms with Crippen LogP contribution in [0.15, 0.2) is 30.5 Å². The summed E-state index contributed by atoms with van der Waals surface area (Å²) in [4.78, 5) is 11.0. The lowest BCUT2D eigenvalue weighted by molar-refractivity contribution is 0.573. The van der Waals surface area contributed by atoms with E-state index in [0.29, 0.717) is 11.6 Å². The summed E-state index contributed by atoms with van der Waals surface area (Å²) in [6, 6.07) is 6.36. The first-order chi connectivity index (χ1) is 10.2. The van der Waals surface area contributed by atoms with E-state index in [1.807, 2.05) is 6.07 Å². The van der Waals surface area contributed by atoms with Gasteiger partial charge < -0.3 is 10.2 Å². The Morgan fingerprint density at radius 3 is 2.71 bits per heavy atom. The van der Waals surface area contributed by atoms with E-state index in [1.54, 1.807) is 12.3 Å². The minimum atomic E-state index is -0.440. The predicted octanol–water partition coefficient (Wildman–Crippen LogP) is 4.00. The number of halogens is 2. The molecule has 0 spiro atoms. The summed E-state index contributed by atoms with van der Waals surface area (Å²) >= 11 is 5.77. The van der Waals surface area contributed by atoms with Crippen molar-refractivity contribution >= 4 is 29.1 Å². The van der Waals surface area contributed by atoms with E-state index in [1.165, 1.54) is 31.4 Å². The van der Waals surface area contributed by atoms with Crippen LogP contribution in [0.2, 0.25) is 5.02 Å². The number of piperidine rings is 1. The fraction of sp³-hybridized carbons (Fsp3) is 0.333. The number of rotatable bonds is 3. The molecule has 1 N–H and O–H groups in total. The van der Waals surface area contributed by atoms with Crippen LogP contribution in [0, 0.1) is 5.82 Å². The van der Waals surface area contributed by atoms with Crippen LogP contribution in [0.5, 0.6) is 0 Å². The minimum absolute atomic E-state index is 0.0761. The molecule has 0 unspecified atom stereocenters. The zero-order chi connectivity index (χ0) is 14.7. The average molecular weight is 307 g/mol. The Bertz CT molecular complexity index is 629. The van der Waals surface area contributed by atoms with Crippen molar-refractivity contribution in [2.45, 2.75) is 19.3 Å². The summed E-state index contributed by atoms with van der Waals surface area (Å²) in [6.45, 7) is 2.05. The Labute approximate surface area is 128 Å². The lowest BCUT2D eigenvalue weighted by atomic mass is 10.1. The SMILES string of the molecule is Fc1ccc(Nc2nccc(N3CCCCC3)n2)cc1Cl. The third-order valence-electron chi connectivity index (χ3n) is 3.50. The molecule has 1 aromatic carbocycles. The predicted molar refractivity (Wildman–Crippen MR) is 82.8 cm³/mol. The van der Waals surface area contributed by atoms with E-state index in [-0.39, 0.29) is 5.02 Å². The third-order valence-corrected chi connectivity index (χ3v) is 3.79. The van der Waals surface area contributed by atoms with Gasteiger partial charge in [0.1, 0.15) is 11.6 Å². The highest BCUT2D eigenvalue weighted by Crippen LogP contribution is 2.23. The van der Waals surface area contributed by atoms with Crippen molar-refractivity contribution in [1.82, 2.24) is 9.97 Å². The van der Waals surface area contributed by atoms with E-state index in [4.69, 9.17) is 11.6 Å². The van der Waals surface area contributed by atoms with Crippen molar-refractivity contribution in [3.63, 3.8) is 0 Å². The summed E-state index contributed by atoms with van der Waals surface area (Å²) < 4.78 is 13.1. The monoisotopic (exact) mass is 306 g/mol. The van der Waals surface area contributed by atoms with E-state index >= 15 is 0 Å². The maximum absolute atomic E-state index is 13.1. The first-order valence-corrected chi connectivity index (χ1v) is 7.40. The Hall–Kier alpha value is -1.88. The second kappa shape index (κ2) is 6.26. The molecule has 2 aromatic rings. The molecule has 110 valence electrons. The van der Waals surface area contributed by atoms with Crippen molar-refractivity contribution in [1.29, 1.82) is 0 Å². The van der Waals surface area contributed by atoms with Crippen LogP contribution in [-0.2, 0) is 0 Å². The molecule has 4 nitrogen and oxygen atoms in total. The number of nitrogens with zero attached hydrogens (tertiary/aromatic N) is 3. The molecule has 2 heterocycles. The maximum atomic E-state index is 13.1. The Morgan fingerprint density at radius 1 is 1.14 bits per heavy atom. The van der Waals surface area contributed by atoms with E-state index < -0.39 is 5.82 Å². The number of hydrogen-bond donors (Lipinski definition) is 1. The molecule has 1 aliphatic rings. The van der Waals surface area contributed by atoms with Gasteiger partial charge in [-0.2, -0.15) is 4.98 Å². The van der Waals surface area contributed by atoms with Crippen LogP contribution in [0.25, 0.3) is 0 Å². The normalized spacial score (nSPS) is 15.0. The molecule has 0 amide bonds. The first-order valence-electron chi connectivity index (χ1n) is 7.02. The molecule has 0 aliphatic carbocycles. The van der Waals surface area contributed by atoms with Gasteiger partial charge in [-0.3, -0.25) is 0 Å². The van der Waals surface area contributed by atoms with Crippen LogP contribution >= 0.6 is 11.6 Å². The zero-order valence-electron chi connectivity index (χ0n) is 11.5. The molecule has 0 atom stereocenters. The van der Waals surface area contributed by atoms with Gasteiger partial charge in [0.25, 0.3) is 0 Å². The van der Waals surface area contributed by atoms with Crippen molar-refractivity contribution in [2.24, 2.45) is 0 Å². The molecule has 21 heavy (non-hydrogen) atoms. The summed E-state index contributed by atoms with van der Waals surface area (Å²) in [5, 5.41) is 3.13. The Balaban J connectivity index is 1.77. The number of anilines is 3. The highest BCUT2D eigenvalue weighted by Gasteiger charge is 2.12. The lowest BCUT2D eigenvalue weighted by Crippen LogP contribution is -2.30. The van der Waals surface area contributed by atoms with Gasteiger partial charge >= 0.3 is 0 Å². The molecule has 3 rings (SSSR count). The zero-order valence-corrected chi connectivity index (χ0v) is 12.3. The van der Waals surface area contributed by atoms with Gasteiger partial charge in [0, 0.05) is 25.0 Å². The molecule has 0 radical (unpaired) electrons. The van der Waals surface area contributed by atoms with Gasteiger partial charge in [-0.05, 0) is 43.5 Å². The number of benzene rings is 1. The van der Waals surface area contributed by atoms with Crippen LogP contribution in [0.4, 0.5) is 21.8 Å². The van der Waals surface area contributed by atoms with Crippen molar-refractivity contribution in [2.75, 3.05) is 23.3 Å². The van der Waals surface area contributed by atoms with E-state index in [9.17, 15) is 4.39 Å². The molecule has 1 aromatic heterocycles. The number of hydrogen-bond acceptors (Lipinski definition) is 4. The first kappa shape index (κ1) is 14.1. The second-order valence-corrected chi connectivity index (χ2v) is 5.45. The molecule has 6 heteroatoms. The molecule has 1 saturated heterocycles. The van der Waals surface area contributed by atoms with Crippen molar-refractivity contribution in [3.05, 3.63) is 41.3 Å². The molecule has 0 bridgehead atoms. The highest BCUT2D eigenvalue weighted by molar-refractivity contribution is 6.31. The standard InChI is InChI=1S/C15H16ClFN4/c16-12-10-11(4-5-13(12)17)19-15-18-7-6-14(20-15)21-8-2-1-3-9-21/h4-7,10H,1-3,8-9H2,(H,18,19,20). The third kappa shape index (κ3) is 3.42. The van der Waals surface area contributed by atoms with Crippen LogP contribution in [0.3, 0.4) is 0 Å². The highest BCUT2D eigenvalue weighted by atomic mass is 35.5. The maximum Gasteiger partial charge on any atom is 0.229 e.